The number of nitrogens with zero attached hydrogens (tertiary/aromatic N) is 2. The van der Waals surface area contributed by atoms with Gasteiger partial charge in [0.15, 0.2) is 9.84 Å². The smallest absolute Gasteiger partial charge is 0.449 e. The second kappa shape index (κ2) is 3.98. The van der Waals surface area contributed by atoms with Crippen LogP contribution in [0.2, 0.25) is 0 Å². The van der Waals surface area contributed by atoms with Crippen LogP contribution in [0.5, 0.6) is 6.01 Å². The molecule has 0 saturated carbocycles. The molecule has 0 radical (unpaired) electrons. The molecule has 0 aliphatic rings. The van der Waals surface area contributed by atoms with Crippen molar-refractivity contribution in [1.29, 1.82) is 0 Å². The highest BCUT2D eigenvalue weighted by molar-refractivity contribution is 7.90. The molecule has 0 bridgehead atoms. The van der Waals surface area contributed by atoms with Crippen LogP contribution in [0.3, 0.4) is 0 Å². The lowest BCUT2D eigenvalue weighted by atomic mass is 10.3. The normalized spacial score (nSPS) is 11.7. The van der Waals surface area contributed by atoms with Gasteiger partial charge in [0.1, 0.15) is 0 Å². The lowest BCUT2D eigenvalue weighted by molar-refractivity contribution is 0.139. The Morgan fingerprint density at radius 3 is 2.67 bits per heavy atom. The van der Waals surface area contributed by atoms with E-state index in [-0.39, 0.29) is 10.9 Å². The summed E-state index contributed by atoms with van der Waals surface area (Å²) in [6.07, 6.45) is -0.379. The molecule has 0 spiro atoms. The number of hydrogen-bond donors (Lipinski definition) is 1. The van der Waals surface area contributed by atoms with Gasteiger partial charge in [-0.2, -0.15) is 4.98 Å². The summed E-state index contributed by atoms with van der Waals surface area (Å²) in [5, 5.41) is 8.53. The van der Waals surface area contributed by atoms with Crippen LogP contribution in [-0.4, -0.2) is 35.5 Å². The van der Waals surface area contributed by atoms with Gasteiger partial charge >= 0.3 is 12.2 Å². The van der Waals surface area contributed by atoms with Crippen molar-refractivity contribution in [1.82, 2.24) is 9.55 Å². The number of imidazole rings is 1. The number of hydrogen-bond acceptors (Lipinski definition) is 5. The van der Waals surface area contributed by atoms with Gasteiger partial charge in [-0.3, -0.25) is 4.57 Å². The number of benzene rings is 1. The van der Waals surface area contributed by atoms with E-state index in [4.69, 9.17) is 5.11 Å². The van der Waals surface area contributed by atoms with Crippen molar-refractivity contribution in [2.45, 2.75) is 4.90 Å². The largest absolute Gasteiger partial charge is 0.513 e. The number of aryl methyl sites for hydroxylation is 1. The van der Waals surface area contributed by atoms with Crippen LogP contribution in [0.25, 0.3) is 11.0 Å². The van der Waals surface area contributed by atoms with Crippen LogP contribution in [0.1, 0.15) is 0 Å². The zero-order valence-electron chi connectivity index (χ0n) is 9.61. The Bertz CT molecular complexity index is 732. The fourth-order valence-electron chi connectivity index (χ4n) is 1.55. The minimum Gasteiger partial charge on any atom is -0.449 e. The maximum Gasteiger partial charge on any atom is 0.513 e. The SMILES string of the molecule is Cn1c(OC(=O)O)nc2ccc(S(C)(=O)=O)cc21. The van der Waals surface area contributed by atoms with Gasteiger partial charge in [-0.25, -0.2) is 13.2 Å². The summed E-state index contributed by atoms with van der Waals surface area (Å²) in [5.41, 5.74) is 0.940. The molecule has 2 aromatic rings. The van der Waals surface area contributed by atoms with Gasteiger partial charge in [0, 0.05) is 13.3 Å². The van der Waals surface area contributed by atoms with Crippen molar-refractivity contribution in [3.05, 3.63) is 18.2 Å². The molecular weight excluding hydrogens is 260 g/mol. The van der Waals surface area contributed by atoms with Crippen molar-refractivity contribution < 1.29 is 23.1 Å². The summed E-state index contributed by atoms with van der Waals surface area (Å²) in [4.78, 5) is 14.5. The number of fused-ring (bicyclic) bond motifs is 1. The van der Waals surface area contributed by atoms with Crippen molar-refractivity contribution in [2.75, 3.05) is 6.26 Å². The minimum atomic E-state index is -3.32. The third-order valence-corrected chi connectivity index (χ3v) is 3.53. The molecule has 7 nitrogen and oxygen atoms in total. The minimum absolute atomic E-state index is 0.108. The summed E-state index contributed by atoms with van der Waals surface area (Å²) < 4.78 is 28.7. The van der Waals surface area contributed by atoms with Gasteiger partial charge in [0.2, 0.25) is 0 Å². The Labute approximate surface area is 103 Å². The summed E-state index contributed by atoms with van der Waals surface area (Å²) in [5.74, 6) is 0. The van der Waals surface area contributed by atoms with Gasteiger partial charge in [0.25, 0.3) is 0 Å². The standard InChI is InChI=1S/C10H10N2O5S/c1-12-8-5-6(18(2,15)16)3-4-7(8)11-9(12)17-10(13)14/h3-5H,1-2H3,(H,13,14). The molecule has 1 N–H and O–H groups in total. The Morgan fingerprint density at radius 2 is 2.11 bits per heavy atom. The van der Waals surface area contributed by atoms with Gasteiger partial charge in [-0.1, -0.05) is 0 Å². The Balaban J connectivity index is 2.64. The van der Waals surface area contributed by atoms with Crippen molar-refractivity contribution in [3.63, 3.8) is 0 Å². The summed E-state index contributed by atoms with van der Waals surface area (Å²) in [6.45, 7) is 0. The van der Waals surface area contributed by atoms with Crippen LogP contribution in [-0.2, 0) is 16.9 Å². The number of carboxylic acid groups (broad SMARTS) is 1. The van der Waals surface area contributed by atoms with E-state index in [1.807, 2.05) is 0 Å². The Morgan fingerprint density at radius 1 is 1.44 bits per heavy atom. The third-order valence-electron chi connectivity index (χ3n) is 2.42. The molecule has 18 heavy (non-hydrogen) atoms. The second-order valence-corrected chi connectivity index (χ2v) is 5.76. The molecule has 0 saturated heterocycles. The summed E-state index contributed by atoms with van der Waals surface area (Å²) in [7, 11) is -1.78. The fourth-order valence-corrected chi connectivity index (χ4v) is 2.19. The van der Waals surface area contributed by atoms with E-state index in [1.54, 1.807) is 7.05 Å². The highest BCUT2D eigenvalue weighted by atomic mass is 32.2. The first-order valence-corrected chi connectivity index (χ1v) is 6.75. The number of ether oxygens (including phenoxy) is 1. The van der Waals surface area contributed by atoms with Crippen molar-refractivity contribution in [2.24, 2.45) is 7.05 Å². The molecule has 0 aliphatic heterocycles. The van der Waals surface area contributed by atoms with Crippen LogP contribution in [0, 0.1) is 0 Å². The van der Waals surface area contributed by atoms with Crippen molar-refractivity contribution >= 4 is 27.0 Å². The second-order valence-electron chi connectivity index (χ2n) is 3.74. The predicted molar refractivity (Wildman–Crippen MR) is 62.5 cm³/mol. The first-order chi connectivity index (χ1) is 8.29. The van der Waals surface area contributed by atoms with E-state index in [9.17, 15) is 13.2 Å². The number of sulfone groups is 1. The maximum absolute atomic E-state index is 11.4. The monoisotopic (exact) mass is 270 g/mol. The lowest BCUT2D eigenvalue weighted by Gasteiger charge is -2.01. The Hall–Kier alpha value is -2.09. The van der Waals surface area contributed by atoms with E-state index >= 15 is 0 Å². The van der Waals surface area contributed by atoms with Crippen LogP contribution in [0.4, 0.5) is 4.79 Å². The summed E-state index contributed by atoms with van der Waals surface area (Å²) >= 11 is 0. The molecule has 1 heterocycles. The number of carbonyl (C=O) groups is 1. The van der Waals surface area contributed by atoms with Gasteiger partial charge in [-0.15, -0.1) is 0 Å². The molecule has 1 aromatic carbocycles. The van der Waals surface area contributed by atoms with Crippen LogP contribution in [0.15, 0.2) is 23.1 Å². The average molecular weight is 270 g/mol. The molecule has 0 fully saturated rings. The third kappa shape index (κ3) is 2.14. The molecule has 0 aliphatic carbocycles. The van der Waals surface area contributed by atoms with Crippen LogP contribution < -0.4 is 4.74 Å². The summed E-state index contributed by atoms with van der Waals surface area (Å²) in [6, 6.07) is 4.23. The number of aromatic nitrogens is 2. The Kier molecular flexibility index (Phi) is 2.74. The fraction of sp³-hybridized carbons (Fsp3) is 0.200. The number of rotatable bonds is 2. The van der Waals surface area contributed by atoms with E-state index in [2.05, 4.69) is 9.72 Å². The van der Waals surface area contributed by atoms with E-state index in [0.29, 0.717) is 11.0 Å². The van der Waals surface area contributed by atoms with E-state index in [1.165, 1.54) is 22.8 Å². The molecule has 1 aromatic heterocycles. The van der Waals surface area contributed by atoms with Crippen molar-refractivity contribution in [3.8, 4) is 6.01 Å². The molecule has 0 amide bonds. The average Bonchev–Trinajstić information content (AvgIpc) is 2.53. The molecular formula is C10H10N2O5S. The molecule has 96 valence electrons. The molecule has 0 atom stereocenters. The lowest BCUT2D eigenvalue weighted by Crippen LogP contribution is -2.07. The topological polar surface area (TPSA) is 98.5 Å². The van der Waals surface area contributed by atoms with E-state index < -0.39 is 16.0 Å². The molecule has 8 heteroatoms. The first-order valence-electron chi connectivity index (χ1n) is 4.86. The van der Waals surface area contributed by atoms with E-state index in [0.717, 1.165) is 6.26 Å². The van der Waals surface area contributed by atoms with Gasteiger partial charge in [0.05, 0.1) is 15.9 Å². The maximum atomic E-state index is 11.4. The zero-order valence-corrected chi connectivity index (χ0v) is 10.4. The van der Waals surface area contributed by atoms with Crippen LogP contribution >= 0.6 is 0 Å². The first kappa shape index (κ1) is 12.4. The predicted octanol–water partition coefficient (Wildman–Crippen LogP) is 1.03. The highest BCUT2D eigenvalue weighted by Gasteiger charge is 2.15. The molecule has 2 rings (SSSR count). The zero-order chi connectivity index (χ0) is 13.5. The van der Waals surface area contributed by atoms with Gasteiger partial charge < -0.3 is 9.84 Å². The molecule has 0 unspecified atom stereocenters. The highest BCUT2D eigenvalue weighted by Crippen LogP contribution is 2.23. The quantitative estimate of drug-likeness (QED) is 0.818. The van der Waals surface area contributed by atoms with Gasteiger partial charge in [-0.05, 0) is 18.2 Å².